The molecule has 1 aromatic rings. The van der Waals surface area contributed by atoms with E-state index in [1.54, 1.807) is 7.11 Å². The molecule has 1 aromatic carbocycles. The van der Waals surface area contributed by atoms with Gasteiger partial charge in [0.2, 0.25) is 0 Å². The van der Waals surface area contributed by atoms with E-state index in [2.05, 4.69) is 0 Å². The van der Waals surface area contributed by atoms with Crippen molar-refractivity contribution in [1.29, 1.82) is 0 Å². The molecule has 0 bridgehead atoms. The Morgan fingerprint density at radius 1 is 1.15 bits per heavy atom. The average molecular weight is 277 g/mol. The zero-order valence-corrected chi connectivity index (χ0v) is 13.2. The van der Waals surface area contributed by atoms with E-state index in [-0.39, 0.29) is 24.4 Å². The van der Waals surface area contributed by atoms with E-state index in [1.807, 2.05) is 52.8 Å². The number of hydrogen-bond acceptors (Lipinski definition) is 4. The lowest BCUT2D eigenvalue weighted by Crippen LogP contribution is -2.41. The molecule has 1 aliphatic rings. The van der Waals surface area contributed by atoms with Crippen LogP contribution in [0.25, 0.3) is 0 Å². The number of rotatable bonds is 3. The van der Waals surface area contributed by atoms with Crippen LogP contribution in [0.5, 0.6) is 5.75 Å². The summed E-state index contributed by atoms with van der Waals surface area (Å²) >= 11 is 0. The molecule has 2 N–H and O–H groups in total. The van der Waals surface area contributed by atoms with E-state index in [4.69, 9.17) is 19.8 Å². The maximum atomic E-state index is 6.04. The molecule has 4 nitrogen and oxygen atoms in total. The summed E-state index contributed by atoms with van der Waals surface area (Å²) in [5.74, 6) is 0.771. The largest absolute Gasteiger partial charge is 0.496 e. The van der Waals surface area contributed by atoms with E-state index >= 15 is 0 Å². The lowest BCUT2D eigenvalue weighted by Gasteiger charge is -2.32. The Hall–Kier alpha value is -1.04. The minimum atomic E-state index is -0.379. The third-order valence-corrected chi connectivity index (χ3v) is 4.27. The van der Waals surface area contributed by atoms with Crippen LogP contribution in [0, 0.1) is 0 Å². The van der Waals surface area contributed by atoms with Crippen molar-refractivity contribution >= 4 is 12.6 Å². The first kappa shape index (κ1) is 15.4. The Bertz CT molecular complexity index is 484. The van der Waals surface area contributed by atoms with Crippen molar-refractivity contribution in [2.75, 3.05) is 7.11 Å². The maximum absolute atomic E-state index is 6.04. The molecule has 1 fully saturated rings. The normalized spacial score (nSPS) is 21.9. The van der Waals surface area contributed by atoms with E-state index in [0.717, 1.165) is 16.8 Å². The summed E-state index contributed by atoms with van der Waals surface area (Å²) in [4.78, 5) is 0. The highest BCUT2D eigenvalue weighted by molar-refractivity contribution is 6.62. The van der Waals surface area contributed by atoms with Crippen LogP contribution in [-0.4, -0.2) is 25.4 Å². The SMILES string of the molecule is COc1cc(B2OC(C)(C)C(C)(C)O2)ccc1[C@H](C)N. The molecule has 1 heterocycles. The van der Waals surface area contributed by atoms with Gasteiger partial charge in [0.1, 0.15) is 5.75 Å². The van der Waals surface area contributed by atoms with Crippen molar-refractivity contribution in [2.24, 2.45) is 5.73 Å². The highest BCUT2D eigenvalue weighted by Gasteiger charge is 2.51. The van der Waals surface area contributed by atoms with Gasteiger partial charge in [-0.1, -0.05) is 12.1 Å². The minimum Gasteiger partial charge on any atom is -0.496 e. The van der Waals surface area contributed by atoms with Crippen LogP contribution < -0.4 is 15.9 Å². The second kappa shape index (κ2) is 5.06. The van der Waals surface area contributed by atoms with Gasteiger partial charge in [0.25, 0.3) is 0 Å². The summed E-state index contributed by atoms with van der Waals surface area (Å²) in [6.07, 6.45) is 0. The van der Waals surface area contributed by atoms with Crippen molar-refractivity contribution in [1.82, 2.24) is 0 Å². The summed E-state index contributed by atoms with van der Waals surface area (Å²) in [5.41, 5.74) is 7.18. The second-order valence-corrected chi connectivity index (χ2v) is 6.38. The average Bonchev–Trinajstić information content (AvgIpc) is 2.57. The summed E-state index contributed by atoms with van der Waals surface area (Å²) in [6.45, 7) is 10.1. The van der Waals surface area contributed by atoms with Gasteiger partial charge in [0.05, 0.1) is 18.3 Å². The van der Waals surface area contributed by atoms with E-state index in [1.165, 1.54) is 0 Å². The molecule has 0 unspecified atom stereocenters. The van der Waals surface area contributed by atoms with Crippen LogP contribution >= 0.6 is 0 Å². The fourth-order valence-corrected chi connectivity index (χ4v) is 2.23. The summed E-state index contributed by atoms with van der Waals surface area (Å²) in [7, 11) is 1.27. The fraction of sp³-hybridized carbons (Fsp3) is 0.600. The van der Waals surface area contributed by atoms with Crippen LogP contribution in [0.1, 0.15) is 46.2 Å². The predicted molar refractivity (Wildman–Crippen MR) is 81.3 cm³/mol. The zero-order valence-electron chi connectivity index (χ0n) is 13.2. The third-order valence-electron chi connectivity index (χ3n) is 4.27. The van der Waals surface area contributed by atoms with Crippen molar-refractivity contribution in [3.63, 3.8) is 0 Å². The molecular formula is C15H24BNO3. The first-order chi connectivity index (χ1) is 9.18. The maximum Gasteiger partial charge on any atom is 0.494 e. The zero-order chi connectivity index (χ0) is 15.1. The molecule has 1 aliphatic heterocycles. The van der Waals surface area contributed by atoms with Gasteiger partial charge < -0.3 is 19.8 Å². The van der Waals surface area contributed by atoms with Gasteiger partial charge in [0.15, 0.2) is 0 Å². The van der Waals surface area contributed by atoms with E-state index in [9.17, 15) is 0 Å². The Labute approximate surface area is 121 Å². The summed E-state index contributed by atoms with van der Waals surface area (Å²) in [5, 5.41) is 0. The topological polar surface area (TPSA) is 53.7 Å². The lowest BCUT2D eigenvalue weighted by molar-refractivity contribution is 0.00578. The van der Waals surface area contributed by atoms with Crippen LogP contribution in [0.4, 0.5) is 0 Å². The van der Waals surface area contributed by atoms with Crippen LogP contribution in [0.15, 0.2) is 18.2 Å². The van der Waals surface area contributed by atoms with E-state index in [0.29, 0.717) is 0 Å². The van der Waals surface area contributed by atoms with Gasteiger partial charge in [0, 0.05) is 11.6 Å². The van der Waals surface area contributed by atoms with Gasteiger partial charge in [-0.2, -0.15) is 0 Å². The Morgan fingerprint density at radius 3 is 2.15 bits per heavy atom. The standard InChI is InChI=1S/C15H24BNO3/c1-10(17)12-8-7-11(9-13(12)18-6)16-19-14(2,3)15(4,5)20-16/h7-10H,17H2,1-6H3/t10-/m0/s1. The molecule has 20 heavy (non-hydrogen) atoms. The van der Waals surface area contributed by atoms with Crippen molar-refractivity contribution in [3.05, 3.63) is 23.8 Å². The van der Waals surface area contributed by atoms with Gasteiger partial charge in [-0.25, -0.2) is 0 Å². The quantitative estimate of drug-likeness (QED) is 0.859. The molecule has 0 saturated carbocycles. The number of hydrogen-bond donors (Lipinski definition) is 1. The highest BCUT2D eigenvalue weighted by atomic mass is 16.7. The molecular weight excluding hydrogens is 253 g/mol. The molecule has 0 spiro atoms. The highest BCUT2D eigenvalue weighted by Crippen LogP contribution is 2.36. The Kier molecular flexibility index (Phi) is 3.89. The minimum absolute atomic E-state index is 0.0719. The van der Waals surface area contributed by atoms with Gasteiger partial charge >= 0.3 is 7.12 Å². The number of nitrogens with two attached hydrogens (primary N) is 1. The van der Waals surface area contributed by atoms with Gasteiger partial charge in [-0.3, -0.25) is 0 Å². The van der Waals surface area contributed by atoms with Crippen LogP contribution in [-0.2, 0) is 9.31 Å². The molecule has 2 rings (SSSR count). The molecule has 0 radical (unpaired) electrons. The van der Waals surface area contributed by atoms with Crippen molar-refractivity contribution in [3.8, 4) is 5.75 Å². The van der Waals surface area contributed by atoms with Crippen molar-refractivity contribution < 1.29 is 14.0 Å². The predicted octanol–water partition coefficient (Wildman–Crippen LogP) is 2.01. The molecule has 1 atom stereocenters. The molecule has 0 aromatic heterocycles. The molecule has 110 valence electrons. The number of ether oxygens (including phenoxy) is 1. The van der Waals surface area contributed by atoms with E-state index < -0.39 is 0 Å². The van der Waals surface area contributed by atoms with Crippen LogP contribution in [0.2, 0.25) is 0 Å². The van der Waals surface area contributed by atoms with Crippen molar-refractivity contribution in [2.45, 2.75) is 51.9 Å². The van der Waals surface area contributed by atoms with Gasteiger partial charge in [-0.15, -0.1) is 0 Å². The summed E-state index contributed by atoms with van der Waals surface area (Å²) < 4.78 is 17.5. The van der Waals surface area contributed by atoms with Gasteiger partial charge in [-0.05, 0) is 46.1 Å². The van der Waals surface area contributed by atoms with Crippen LogP contribution in [0.3, 0.4) is 0 Å². The Balaban J connectivity index is 2.32. The number of benzene rings is 1. The second-order valence-electron chi connectivity index (χ2n) is 6.38. The monoisotopic (exact) mass is 277 g/mol. The molecule has 0 amide bonds. The summed E-state index contributed by atoms with van der Waals surface area (Å²) in [6, 6.07) is 5.84. The number of methoxy groups -OCH3 is 1. The third kappa shape index (κ3) is 2.58. The molecule has 1 saturated heterocycles. The molecule has 5 heteroatoms. The first-order valence-electron chi connectivity index (χ1n) is 6.97. The first-order valence-corrected chi connectivity index (χ1v) is 6.97. The smallest absolute Gasteiger partial charge is 0.494 e. The fourth-order valence-electron chi connectivity index (χ4n) is 2.23. The molecule has 0 aliphatic carbocycles. The lowest BCUT2D eigenvalue weighted by atomic mass is 9.78. The Morgan fingerprint density at radius 2 is 1.70 bits per heavy atom.